The van der Waals surface area contributed by atoms with Crippen molar-refractivity contribution in [2.45, 2.75) is 32.4 Å². The third-order valence-corrected chi connectivity index (χ3v) is 6.45. The first-order chi connectivity index (χ1) is 15.5. The Bertz CT molecular complexity index is 1390. The molecule has 7 heteroatoms. The van der Waals surface area contributed by atoms with E-state index in [4.69, 9.17) is 10.7 Å². The van der Waals surface area contributed by atoms with Gasteiger partial charge >= 0.3 is 0 Å². The van der Waals surface area contributed by atoms with Gasteiger partial charge in [-0.05, 0) is 62.2 Å². The molecular weight excluding hydrogens is 400 g/mol. The van der Waals surface area contributed by atoms with Crippen LogP contribution in [0.1, 0.15) is 35.7 Å². The first-order valence-electron chi connectivity index (χ1n) is 11.0. The number of rotatable bonds is 3. The molecule has 32 heavy (non-hydrogen) atoms. The molecule has 1 aliphatic rings. The Kier molecular flexibility index (Phi) is 4.95. The van der Waals surface area contributed by atoms with Crippen molar-refractivity contribution in [1.29, 1.82) is 5.26 Å². The highest BCUT2D eigenvalue weighted by Crippen LogP contribution is 2.31. The van der Waals surface area contributed by atoms with Crippen LogP contribution in [0.5, 0.6) is 0 Å². The van der Waals surface area contributed by atoms with Crippen molar-refractivity contribution in [2.24, 2.45) is 12.8 Å². The largest absolute Gasteiger partial charge is 0.338 e. The minimum atomic E-state index is 0.0148. The number of aryl methyl sites for hydroxylation is 2. The van der Waals surface area contributed by atoms with Gasteiger partial charge in [0.2, 0.25) is 0 Å². The summed E-state index contributed by atoms with van der Waals surface area (Å²) in [5.41, 5.74) is 11.2. The molecule has 0 spiro atoms. The number of benzene rings is 2. The number of carbonyl (C=O) groups is 1. The van der Waals surface area contributed by atoms with Crippen molar-refractivity contribution in [3.05, 3.63) is 53.6 Å². The fraction of sp³-hybridized carbons (Fsp3) is 0.320. The molecule has 1 saturated heterocycles. The van der Waals surface area contributed by atoms with Crippen LogP contribution in [0.3, 0.4) is 0 Å². The maximum atomic E-state index is 13.0. The van der Waals surface area contributed by atoms with Crippen LogP contribution in [0.2, 0.25) is 0 Å². The van der Waals surface area contributed by atoms with Crippen LogP contribution in [0.4, 0.5) is 0 Å². The second kappa shape index (κ2) is 7.81. The van der Waals surface area contributed by atoms with Gasteiger partial charge < -0.3 is 19.8 Å². The number of nitrogens with two attached hydrogens (primary N) is 1. The summed E-state index contributed by atoms with van der Waals surface area (Å²) >= 11 is 0. The molecule has 7 nitrogen and oxygen atoms in total. The van der Waals surface area contributed by atoms with Gasteiger partial charge in [0.05, 0.1) is 28.4 Å². The molecule has 0 bridgehead atoms. The third kappa shape index (κ3) is 3.24. The van der Waals surface area contributed by atoms with Crippen LogP contribution >= 0.6 is 0 Å². The lowest BCUT2D eigenvalue weighted by Crippen LogP contribution is -2.45. The van der Waals surface area contributed by atoms with Gasteiger partial charge in [-0.25, -0.2) is 4.98 Å². The van der Waals surface area contributed by atoms with Crippen molar-refractivity contribution in [3.63, 3.8) is 0 Å². The van der Waals surface area contributed by atoms with Crippen LogP contribution in [0, 0.1) is 11.3 Å². The van der Waals surface area contributed by atoms with E-state index in [9.17, 15) is 10.1 Å². The lowest BCUT2D eigenvalue weighted by Gasteiger charge is -2.30. The average Bonchev–Trinajstić information content (AvgIpc) is 3.34. The molecule has 5 rings (SSSR count). The predicted octanol–water partition coefficient (Wildman–Crippen LogP) is 3.65. The third-order valence-electron chi connectivity index (χ3n) is 6.45. The van der Waals surface area contributed by atoms with Crippen molar-refractivity contribution < 1.29 is 4.79 Å². The number of hydrogen-bond acceptors (Lipinski definition) is 4. The SMILES string of the molecule is CCn1c(-c2nc3cc(C(=O)N4CCCC(N)C4)ccc3n2C)cc2cc(C#N)ccc21. The van der Waals surface area contributed by atoms with Gasteiger partial charge in [0.15, 0.2) is 5.82 Å². The van der Waals surface area contributed by atoms with E-state index in [-0.39, 0.29) is 11.9 Å². The Labute approximate surface area is 186 Å². The topological polar surface area (TPSA) is 92.9 Å². The molecule has 1 atom stereocenters. The van der Waals surface area contributed by atoms with Crippen LogP contribution in [-0.2, 0) is 13.6 Å². The zero-order valence-electron chi connectivity index (χ0n) is 18.4. The molecule has 0 saturated carbocycles. The van der Waals surface area contributed by atoms with Gasteiger partial charge in [0.25, 0.3) is 5.91 Å². The average molecular weight is 427 g/mol. The number of hydrogen-bond donors (Lipinski definition) is 1. The number of fused-ring (bicyclic) bond motifs is 2. The van der Waals surface area contributed by atoms with Crippen LogP contribution in [-0.4, -0.2) is 44.1 Å². The quantitative estimate of drug-likeness (QED) is 0.541. The smallest absolute Gasteiger partial charge is 0.253 e. The Hall–Kier alpha value is -3.63. The van der Waals surface area contributed by atoms with E-state index in [1.165, 1.54) is 0 Å². The Morgan fingerprint density at radius 3 is 2.78 bits per heavy atom. The molecule has 0 aliphatic carbocycles. The van der Waals surface area contributed by atoms with E-state index < -0.39 is 0 Å². The maximum Gasteiger partial charge on any atom is 0.253 e. The number of nitrogens with zero attached hydrogens (tertiary/aromatic N) is 5. The Morgan fingerprint density at radius 2 is 2.03 bits per heavy atom. The Balaban J connectivity index is 1.58. The number of nitriles is 1. The molecule has 1 amide bonds. The zero-order chi connectivity index (χ0) is 22.4. The van der Waals surface area contributed by atoms with Crippen molar-refractivity contribution in [3.8, 4) is 17.6 Å². The Morgan fingerprint density at radius 1 is 1.22 bits per heavy atom. The van der Waals surface area contributed by atoms with Crippen molar-refractivity contribution >= 4 is 27.8 Å². The zero-order valence-corrected chi connectivity index (χ0v) is 18.4. The van der Waals surface area contributed by atoms with Crippen LogP contribution in [0.15, 0.2) is 42.5 Å². The number of likely N-dealkylation sites (tertiary alicyclic amines) is 1. The normalized spacial score (nSPS) is 16.6. The lowest BCUT2D eigenvalue weighted by atomic mass is 10.1. The summed E-state index contributed by atoms with van der Waals surface area (Å²) in [4.78, 5) is 19.8. The monoisotopic (exact) mass is 426 g/mol. The van der Waals surface area contributed by atoms with E-state index in [1.54, 1.807) is 0 Å². The molecule has 1 unspecified atom stereocenters. The molecular formula is C25H26N6O. The summed E-state index contributed by atoms with van der Waals surface area (Å²) in [7, 11) is 1.99. The van der Waals surface area contributed by atoms with Crippen molar-refractivity contribution in [2.75, 3.05) is 13.1 Å². The summed E-state index contributed by atoms with van der Waals surface area (Å²) in [5, 5.41) is 10.3. The van der Waals surface area contributed by atoms with Gasteiger partial charge in [-0.15, -0.1) is 0 Å². The van der Waals surface area contributed by atoms with E-state index in [0.717, 1.165) is 59.4 Å². The minimum absolute atomic E-state index is 0.0148. The first-order valence-corrected chi connectivity index (χ1v) is 11.0. The molecule has 2 aromatic carbocycles. The summed E-state index contributed by atoms with van der Waals surface area (Å²) < 4.78 is 4.27. The minimum Gasteiger partial charge on any atom is -0.338 e. The molecule has 1 aliphatic heterocycles. The molecule has 3 heterocycles. The van der Waals surface area contributed by atoms with E-state index >= 15 is 0 Å². The summed E-state index contributed by atoms with van der Waals surface area (Å²) in [6.45, 7) is 4.24. The molecule has 0 radical (unpaired) electrons. The van der Waals surface area contributed by atoms with E-state index in [2.05, 4.69) is 28.2 Å². The first kappa shape index (κ1) is 20.3. The maximum absolute atomic E-state index is 13.0. The summed E-state index contributed by atoms with van der Waals surface area (Å²) in [5.74, 6) is 0.849. The summed E-state index contributed by atoms with van der Waals surface area (Å²) in [6, 6.07) is 15.8. The number of carbonyl (C=O) groups excluding carboxylic acids is 1. The van der Waals surface area contributed by atoms with E-state index in [1.807, 2.05) is 48.3 Å². The van der Waals surface area contributed by atoms with Gasteiger partial charge in [0, 0.05) is 49.2 Å². The van der Waals surface area contributed by atoms with Gasteiger partial charge in [0.1, 0.15) is 0 Å². The molecule has 2 aromatic heterocycles. The number of piperidine rings is 1. The highest BCUT2D eigenvalue weighted by atomic mass is 16.2. The fourth-order valence-corrected chi connectivity index (χ4v) is 4.81. The molecule has 4 aromatic rings. The predicted molar refractivity (Wildman–Crippen MR) is 125 cm³/mol. The fourth-order valence-electron chi connectivity index (χ4n) is 4.81. The number of aromatic nitrogens is 3. The second-order valence-electron chi connectivity index (χ2n) is 8.51. The van der Waals surface area contributed by atoms with Crippen LogP contribution in [0.25, 0.3) is 33.5 Å². The van der Waals surface area contributed by atoms with Gasteiger partial charge in [-0.3, -0.25) is 4.79 Å². The lowest BCUT2D eigenvalue weighted by molar-refractivity contribution is 0.0709. The van der Waals surface area contributed by atoms with Crippen LogP contribution < -0.4 is 5.73 Å². The molecule has 162 valence electrons. The van der Waals surface area contributed by atoms with Crippen molar-refractivity contribution in [1.82, 2.24) is 19.0 Å². The highest BCUT2D eigenvalue weighted by Gasteiger charge is 2.23. The van der Waals surface area contributed by atoms with E-state index in [0.29, 0.717) is 17.7 Å². The number of imidazole rings is 1. The number of amides is 1. The standard InChI is InChI=1S/C25H26N6O/c1-3-31-21-8-6-16(14-26)11-18(21)13-23(31)24-28-20-12-17(7-9-22(20)29(24)2)25(32)30-10-4-5-19(27)15-30/h6-9,11-13,19H,3-5,10,15,27H2,1-2H3. The highest BCUT2D eigenvalue weighted by molar-refractivity contribution is 5.98. The van der Waals surface area contributed by atoms with Gasteiger partial charge in [-0.2, -0.15) is 5.26 Å². The summed E-state index contributed by atoms with van der Waals surface area (Å²) in [6.07, 6.45) is 1.91. The molecule has 1 fully saturated rings. The molecule has 2 N–H and O–H groups in total. The second-order valence-corrected chi connectivity index (χ2v) is 8.51. The van der Waals surface area contributed by atoms with Gasteiger partial charge in [-0.1, -0.05) is 0 Å².